The average Bonchev–Trinajstić information content (AvgIpc) is 3.02. The van der Waals surface area contributed by atoms with Crippen LogP contribution in [0.25, 0.3) is 11.3 Å². The van der Waals surface area contributed by atoms with Gasteiger partial charge < -0.3 is 9.84 Å². The minimum Gasteiger partial charge on any atom is -0.354 e. The van der Waals surface area contributed by atoms with E-state index in [-0.39, 0.29) is 27.6 Å². The molecule has 1 N–H and O–H groups in total. The molecule has 1 heterocycles. The van der Waals surface area contributed by atoms with E-state index in [1.807, 2.05) is 0 Å². The standard InChI is InChI=1S/C18H15FN2O4S/c1-11-7-8-12(26(2,23)24)9-14(11)18(22)20-17-10-16(25-21-17)13-5-3-4-6-15(13)19/h3-10H,1-2H3,(H,20,21,22). The first-order chi connectivity index (χ1) is 12.3. The number of hydrogen-bond donors (Lipinski definition) is 1. The van der Waals surface area contributed by atoms with Gasteiger partial charge in [-0.3, -0.25) is 4.79 Å². The first kappa shape index (κ1) is 17.8. The van der Waals surface area contributed by atoms with Gasteiger partial charge in [0.15, 0.2) is 21.4 Å². The Bertz CT molecular complexity index is 1090. The van der Waals surface area contributed by atoms with Crippen molar-refractivity contribution in [1.29, 1.82) is 0 Å². The maximum absolute atomic E-state index is 13.8. The van der Waals surface area contributed by atoms with Crippen LogP contribution in [-0.2, 0) is 9.84 Å². The van der Waals surface area contributed by atoms with Crippen molar-refractivity contribution in [1.82, 2.24) is 5.16 Å². The molecule has 2 aromatic carbocycles. The Hall–Kier alpha value is -3.00. The second kappa shape index (κ2) is 6.72. The van der Waals surface area contributed by atoms with Crippen molar-refractivity contribution >= 4 is 21.6 Å². The molecule has 0 saturated carbocycles. The van der Waals surface area contributed by atoms with E-state index in [1.54, 1.807) is 25.1 Å². The summed E-state index contributed by atoms with van der Waals surface area (Å²) in [4.78, 5) is 12.5. The van der Waals surface area contributed by atoms with Crippen molar-refractivity contribution in [3.63, 3.8) is 0 Å². The van der Waals surface area contributed by atoms with Crippen LogP contribution in [0.5, 0.6) is 0 Å². The van der Waals surface area contributed by atoms with Gasteiger partial charge in [-0.1, -0.05) is 23.4 Å². The number of carbonyl (C=O) groups is 1. The molecule has 3 aromatic rings. The van der Waals surface area contributed by atoms with Crippen molar-refractivity contribution < 1.29 is 22.1 Å². The van der Waals surface area contributed by atoms with Gasteiger partial charge in [0.05, 0.1) is 10.5 Å². The number of aromatic nitrogens is 1. The molecule has 134 valence electrons. The first-order valence-electron chi connectivity index (χ1n) is 7.59. The van der Waals surface area contributed by atoms with Crippen molar-refractivity contribution in [2.45, 2.75) is 11.8 Å². The Balaban J connectivity index is 1.87. The zero-order valence-electron chi connectivity index (χ0n) is 14.0. The van der Waals surface area contributed by atoms with Crippen molar-refractivity contribution in [3.05, 3.63) is 65.5 Å². The molecule has 0 saturated heterocycles. The van der Waals surface area contributed by atoms with Gasteiger partial charge in [0.25, 0.3) is 5.91 Å². The third-order valence-electron chi connectivity index (χ3n) is 3.77. The molecular formula is C18H15FN2O4S. The molecule has 1 aromatic heterocycles. The van der Waals surface area contributed by atoms with E-state index in [4.69, 9.17) is 4.52 Å². The highest BCUT2D eigenvalue weighted by Crippen LogP contribution is 2.25. The van der Waals surface area contributed by atoms with Gasteiger partial charge in [-0.25, -0.2) is 12.8 Å². The van der Waals surface area contributed by atoms with Crippen LogP contribution in [0.3, 0.4) is 0 Å². The fraction of sp³-hybridized carbons (Fsp3) is 0.111. The van der Waals surface area contributed by atoms with Crippen LogP contribution in [0.1, 0.15) is 15.9 Å². The van der Waals surface area contributed by atoms with E-state index in [0.29, 0.717) is 5.56 Å². The van der Waals surface area contributed by atoms with Crippen molar-refractivity contribution in [2.24, 2.45) is 0 Å². The number of halogens is 1. The number of sulfone groups is 1. The molecule has 0 spiro atoms. The summed E-state index contributed by atoms with van der Waals surface area (Å²) in [6, 6.07) is 11.7. The quantitative estimate of drug-likeness (QED) is 0.756. The molecule has 6 nitrogen and oxygen atoms in total. The van der Waals surface area contributed by atoms with Gasteiger partial charge in [-0.15, -0.1) is 0 Å². The highest BCUT2D eigenvalue weighted by molar-refractivity contribution is 7.90. The summed E-state index contributed by atoms with van der Waals surface area (Å²) in [5, 5.41) is 6.23. The molecule has 0 bridgehead atoms. The third kappa shape index (κ3) is 3.65. The van der Waals surface area contributed by atoms with Gasteiger partial charge in [-0.05, 0) is 36.8 Å². The number of hydrogen-bond acceptors (Lipinski definition) is 5. The second-order valence-electron chi connectivity index (χ2n) is 5.76. The maximum atomic E-state index is 13.8. The minimum atomic E-state index is -3.44. The number of amides is 1. The lowest BCUT2D eigenvalue weighted by Gasteiger charge is -2.07. The number of anilines is 1. The normalized spacial score (nSPS) is 11.3. The third-order valence-corrected chi connectivity index (χ3v) is 4.88. The molecule has 0 fully saturated rings. The van der Waals surface area contributed by atoms with E-state index in [0.717, 1.165) is 6.26 Å². The molecule has 0 radical (unpaired) electrons. The Morgan fingerprint density at radius 1 is 1.15 bits per heavy atom. The van der Waals surface area contributed by atoms with Crippen LogP contribution in [0, 0.1) is 12.7 Å². The number of rotatable bonds is 4. The average molecular weight is 374 g/mol. The summed E-state index contributed by atoms with van der Waals surface area (Å²) in [6.07, 6.45) is 1.07. The molecular weight excluding hydrogens is 359 g/mol. The number of aryl methyl sites for hydroxylation is 1. The lowest BCUT2D eigenvalue weighted by molar-refractivity contribution is 0.102. The zero-order valence-corrected chi connectivity index (χ0v) is 14.8. The molecule has 8 heteroatoms. The number of nitrogens with zero attached hydrogens (tertiary/aromatic N) is 1. The molecule has 0 unspecified atom stereocenters. The lowest BCUT2D eigenvalue weighted by atomic mass is 10.1. The number of benzene rings is 2. The molecule has 0 atom stereocenters. The summed E-state index contributed by atoms with van der Waals surface area (Å²) in [5.41, 5.74) is 1.02. The van der Waals surface area contributed by atoms with Crippen LogP contribution < -0.4 is 5.32 Å². The van der Waals surface area contributed by atoms with Gasteiger partial charge >= 0.3 is 0 Å². The van der Waals surface area contributed by atoms with Crippen LogP contribution >= 0.6 is 0 Å². The zero-order chi connectivity index (χ0) is 18.9. The van der Waals surface area contributed by atoms with Gasteiger partial charge in [0, 0.05) is 17.9 Å². The van der Waals surface area contributed by atoms with E-state index in [9.17, 15) is 17.6 Å². The molecule has 1 amide bonds. The fourth-order valence-corrected chi connectivity index (χ4v) is 3.03. The van der Waals surface area contributed by atoms with Crippen LogP contribution in [0.2, 0.25) is 0 Å². The summed E-state index contributed by atoms with van der Waals surface area (Å²) >= 11 is 0. The van der Waals surface area contributed by atoms with Crippen LogP contribution in [-0.4, -0.2) is 25.7 Å². The van der Waals surface area contributed by atoms with E-state index >= 15 is 0 Å². The van der Waals surface area contributed by atoms with Crippen LogP contribution in [0.4, 0.5) is 10.2 Å². The SMILES string of the molecule is Cc1ccc(S(C)(=O)=O)cc1C(=O)Nc1cc(-c2ccccc2F)on1. The molecule has 0 aliphatic rings. The Morgan fingerprint density at radius 2 is 1.88 bits per heavy atom. The van der Waals surface area contributed by atoms with E-state index in [1.165, 1.54) is 30.3 Å². The number of carbonyl (C=O) groups excluding carboxylic acids is 1. The largest absolute Gasteiger partial charge is 0.354 e. The molecule has 0 aliphatic heterocycles. The highest BCUT2D eigenvalue weighted by atomic mass is 32.2. The second-order valence-corrected chi connectivity index (χ2v) is 7.78. The summed E-state index contributed by atoms with van der Waals surface area (Å²) in [5.74, 6) is -0.753. The van der Waals surface area contributed by atoms with Gasteiger partial charge in [-0.2, -0.15) is 0 Å². The Kier molecular flexibility index (Phi) is 4.60. The molecule has 3 rings (SSSR count). The summed E-state index contributed by atoms with van der Waals surface area (Å²) in [6.45, 7) is 1.69. The molecule has 0 aliphatic carbocycles. The maximum Gasteiger partial charge on any atom is 0.257 e. The monoisotopic (exact) mass is 374 g/mol. The smallest absolute Gasteiger partial charge is 0.257 e. The van der Waals surface area contributed by atoms with E-state index in [2.05, 4.69) is 10.5 Å². The predicted molar refractivity (Wildman–Crippen MR) is 94.1 cm³/mol. The Labute approximate surface area is 149 Å². The summed E-state index contributed by atoms with van der Waals surface area (Å²) in [7, 11) is -3.44. The fourth-order valence-electron chi connectivity index (χ4n) is 2.38. The lowest BCUT2D eigenvalue weighted by Crippen LogP contribution is -2.14. The van der Waals surface area contributed by atoms with Crippen molar-refractivity contribution in [2.75, 3.05) is 11.6 Å². The Morgan fingerprint density at radius 3 is 2.58 bits per heavy atom. The minimum absolute atomic E-state index is 0.0421. The summed E-state index contributed by atoms with van der Waals surface area (Å²) < 4.78 is 42.2. The van der Waals surface area contributed by atoms with Gasteiger partial charge in [0.2, 0.25) is 0 Å². The predicted octanol–water partition coefficient (Wildman–Crippen LogP) is 3.44. The van der Waals surface area contributed by atoms with Gasteiger partial charge in [0.1, 0.15) is 5.82 Å². The molecule has 26 heavy (non-hydrogen) atoms. The van der Waals surface area contributed by atoms with Crippen LogP contribution in [0.15, 0.2) is 57.9 Å². The van der Waals surface area contributed by atoms with E-state index < -0.39 is 21.6 Å². The number of nitrogens with one attached hydrogen (secondary N) is 1. The first-order valence-corrected chi connectivity index (χ1v) is 9.48. The topological polar surface area (TPSA) is 89.3 Å². The van der Waals surface area contributed by atoms with Crippen molar-refractivity contribution in [3.8, 4) is 11.3 Å². The highest BCUT2D eigenvalue weighted by Gasteiger charge is 2.17.